The van der Waals surface area contributed by atoms with Gasteiger partial charge in [0.05, 0.1) is 6.04 Å². The first kappa shape index (κ1) is 12.1. The molecule has 0 saturated carbocycles. The van der Waals surface area contributed by atoms with E-state index in [2.05, 4.69) is 41.9 Å². The molecule has 1 aliphatic rings. The van der Waals surface area contributed by atoms with Crippen molar-refractivity contribution in [3.8, 4) is 11.6 Å². The van der Waals surface area contributed by atoms with Crippen LogP contribution in [0.25, 0.3) is 11.6 Å². The normalized spacial score (nSPS) is 21.9. The van der Waals surface area contributed by atoms with Gasteiger partial charge in [-0.05, 0) is 24.4 Å². The Kier molecular flexibility index (Phi) is 2.91. The smallest absolute Gasteiger partial charge is 0.284 e. The highest BCUT2D eigenvalue weighted by Crippen LogP contribution is 2.25. The molecule has 102 valence electrons. The molecule has 1 unspecified atom stereocenters. The maximum atomic E-state index is 5.60. The number of likely N-dealkylation sites (N-methyl/N-ethyl adjacent to an activating group) is 2. The van der Waals surface area contributed by atoms with Crippen LogP contribution in [0.4, 0.5) is 5.82 Å². The highest BCUT2D eigenvalue weighted by atomic mass is 16.6. The van der Waals surface area contributed by atoms with Crippen LogP contribution in [0.1, 0.15) is 11.9 Å². The van der Waals surface area contributed by atoms with Crippen LogP contribution in [-0.4, -0.2) is 64.0 Å². The Morgan fingerprint density at radius 3 is 2.79 bits per heavy atom. The Balaban J connectivity index is 1.87. The average Bonchev–Trinajstić information content (AvgIpc) is 3.00. The molecule has 1 aliphatic heterocycles. The van der Waals surface area contributed by atoms with Crippen molar-refractivity contribution < 1.29 is 9.15 Å². The quantitative estimate of drug-likeness (QED) is 0.776. The van der Waals surface area contributed by atoms with Crippen LogP contribution in [0, 0.1) is 0 Å². The van der Waals surface area contributed by atoms with E-state index in [-0.39, 0.29) is 23.4 Å². The van der Waals surface area contributed by atoms with Crippen LogP contribution in [0.5, 0.6) is 0 Å². The van der Waals surface area contributed by atoms with Gasteiger partial charge in [0.1, 0.15) is 0 Å². The number of rotatable bonds is 2. The van der Waals surface area contributed by atoms with Crippen LogP contribution in [0.15, 0.2) is 9.15 Å². The molecule has 1 atom stereocenters. The molecule has 0 aliphatic carbocycles. The van der Waals surface area contributed by atoms with Crippen molar-refractivity contribution in [3.63, 3.8) is 0 Å². The van der Waals surface area contributed by atoms with Gasteiger partial charge in [0.25, 0.3) is 5.89 Å². The van der Waals surface area contributed by atoms with E-state index in [1.165, 1.54) is 0 Å². The van der Waals surface area contributed by atoms with Crippen molar-refractivity contribution in [2.75, 3.05) is 39.5 Å². The molecule has 9 heteroatoms. The third kappa shape index (κ3) is 2.17. The average molecular weight is 265 g/mol. The van der Waals surface area contributed by atoms with Crippen molar-refractivity contribution >= 4 is 5.82 Å². The third-order valence-corrected chi connectivity index (χ3v) is 3.31. The minimum atomic E-state index is 0.0948. The summed E-state index contributed by atoms with van der Waals surface area (Å²) in [6.45, 7) is 2.83. The predicted molar refractivity (Wildman–Crippen MR) is 64.9 cm³/mol. The number of hydrogen-bond donors (Lipinski definition) is 1. The summed E-state index contributed by atoms with van der Waals surface area (Å²) in [6, 6.07) is 0.0948. The van der Waals surface area contributed by atoms with E-state index in [1.54, 1.807) is 0 Å². The second-order valence-corrected chi connectivity index (χ2v) is 4.71. The monoisotopic (exact) mass is 265 g/mol. The Hall–Kier alpha value is -2.00. The van der Waals surface area contributed by atoms with Crippen molar-refractivity contribution in [3.05, 3.63) is 5.82 Å². The summed E-state index contributed by atoms with van der Waals surface area (Å²) in [4.78, 5) is 8.76. The predicted octanol–water partition coefficient (Wildman–Crippen LogP) is -0.380. The van der Waals surface area contributed by atoms with Crippen LogP contribution in [0.2, 0.25) is 0 Å². The van der Waals surface area contributed by atoms with Crippen LogP contribution < -0.4 is 5.73 Å². The van der Waals surface area contributed by atoms with E-state index in [1.807, 2.05) is 7.05 Å². The molecule has 0 radical (unpaired) electrons. The van der Waals surface area contributed by atoms with E-state index >= 15 is 0 Å². The van der Waals surface area contributed by atoms with Crippen molar-refractivity contribution in [2.45, 2.75) is 6.04 Å². The highest BCUT2D eigenvalue weighted by Gasteiger charge is 2.29. The molecule has 1 saturated heterocycles. The number of nitrogens with two attached hydrogens (primary N) is 1. The fourth-order valence-electron chi connectivity index (χ4n) is 2.10. The van der Waals surface area contributed by atoms with Gasteiger partial charge >= 0.3 is 0 Å². The van der Waals surface area contributed by atoms with Crippen molar-refractivity contribution in [1.82, 2.24) is 30.3 Å². The zero-order valence-corrected chi connectivity index (χ0v) is 10.8. The molecule has 0 spiro atoms. The maximum Gasteiger partial charge on any atom is 0.284 e. The first-order valence-electron chi connectivity index (χ1n) is 5.96. The summed E-state index contributed by atoms with van der Waals surface area (Å²) in [5.74, 6) is 0.992. The molecule has 2 N–H and O–H groups in total. The largest absolute Gasteiger partial charge is 0.379 e. The summed E-state index contributed by atoms with van der Waals surface area (Å²) in [7, 11) is 4.11. The Labute approximate surface area is 109 Å². The van der Waals surface area contributed by atoms with Gasteiger partial charge in [0.2, 0.25) is 11.5 Å². The first-order chi connectivity index (χ1) is 9.15. The second-order valence-electron chi connectivity index (χ2n) is 4.71. The number of nitrogen functional groups attached to an aromatic ring is 1. The van der Waals surface area contributed by atoms with Crippen molar-refractivity contribution in [2.24, 2.45) is 0 Å². The molecule has 19 heavy (non-hydrogen) atoms. The van der Waals surface area contributed by atoms with E-state index in [4.69, 9.17) is 10.3 Å². The van der Waals surface area contributed by atoms with Crippen molar-refractivity contribution in [1.29, 1.82) is 0 Å². The van der Waals surface area contributed by atoms with Gasteiger partial charge in [-0.2, -0.15) is 4.98 Å². The third-order valence-electron chi connectivity index (χ3n) is 3.31. The number of nitrogens with zero attached hydrogens (tertiary/aromatic N) is 6. The Morgan fingerprint density at radius 2 is 2.05 bits per heavy atom. The summed E-state index contributed by atoms with van der Waals surface area (Å²) >= 11 is 0. The molecular formula is C10H15N7O2. The SMILES string of the molecule is CN1CCN(C)C(c2noc(-c3nonc3N)n2)C1. The summed E-state index contributed by atoms with van der Waals surface area (Å²) < 4.78 is 9.70. The molecule has 9 nitrogen and oxygen atoms in total. The van der Waals surface area contributed by atoms with E-state index in [0.29, 0.717) is 5.82 Å². The standard InChI is InChI=1S/C10H15N7O2/c1-16-3-4-17(2)6(5-16)9-12-10(18-15-9)7-8(11)14-19-13-7/h6H,3-5H2,1-2H3,(H2,11,14). The highest BCUT2D eigenvalue weighted by molar-refractivity contribution is 5.60. The second kappa shape index (κ2) is 4.59. The molecule has 1 fully saturated rings. The Bertz CT molecular complexity index is 566. The fourth-order valence-corrected chi connectivity index (χ4v) is 2.10. The van der Waals surface area contributed by atoms with E-state index in [0.717, 1.165) is 19.6 Å². The number of piperazine rings is 1. The number of hydrogen-bond acceptors (Lipinski definition) is 9. The van der Waals surface area contributed by atoms with Gasteiger partial charge in [0.15, 0.2) is 5.82 Å². The lowest BCUT2D eigenvalue weighted by atomic mass is 10.2. The van der Waals surface area contributed by atoms with E-state index < -0.39 is 0 Å². The van der Waals surface area contributed by atoms with Crippen LogP contribution in [0.3, 0.4) is 0 Å². The van der Waals surface area contributed by atoms with Gasteiger partial charge in [-0.1, -0.05) is 5.16 Å². The topological polar surface area (TPSA) is 110 Å². The molecule has 2 aromatic rings. The zero-order valence-electron chi connectivity index (χ0n) is 10.8. The number of anilines is 1. The maximum absolute atomic E-state index is 5.60. The Morgan fingerprint density at radius 1 is 1.21 bits per heavy atom. The molecule has 3 rings (SSSR count). The lowest BCUT2D eigenvalue weighted by Gasteiger charge is -2.35. The fraction of sp³-hybridized carbons (Fsp3) is 0.600. The summed E-state index contributed by atoms with van der Waals surface area (Å²) in [6.07, 6.45) is 0. The molecular weight excluding hydrogens is 250 g/mol. The summed E-state index contributed by atoms with van der Waals surface area (Å²) in [5, 5.41) is 11.1. The van der Waals surface area contributed by atoms with Gasteiger partial charge in [-0.25, -0.2) is 4.63 Å². The van der Waals surface area contributed by atoms with Gasteiger partial charge < -0.3 is 15.2 Å². The van der Waals surface area contributed by atoms with Crippen LogP contribution in [-0.2, 0) is 0 Å². The van der Waals surface area contributed by atoms with Gasteiger partial charge in [0, 0.05) is 19.6 Å². The minimum Gasteiger partial charge on any atom is -0.379 e. The van der Waals surface area contributed by atoms with Gasteiger partial charge in [-0.15, -0.1) is 0 Å². The minimum absolute atomic E-state index is 0.0948. The van der Waals surface area contributed by atoms with Gasteiger partial charge in [-0.3, -0.25) is 4.90 Å². The molecule has 2 aromatic heterocycles. The summed E-state index contributed by atoms with van der Waals surface area (Å²) in [5.41, 5.74) is 5.88. The first-order valence-corrected chi connectivity index (χ1v) is 5.96. The molecule has 3 heterocycles. The molecule has 0 bridgehead atoms. The molecule has 0 aromatic carbocycles. The number of aromatic nitrogens is 4. The van der Waals surface area contributed by atoms with E-state index in [9.17, 15) is 0 Å². The lowest BCUT2D eigenvalue weighted by molar-refractivity contribution is 0.108. The van der Waals surface area contributed by atoms with Crippen LogP contribution >= 0.6 is 0 Å². The lowest BCUT2D eigenvalue weighted by Crippen LogP contribution is -2.45. The molecule has 0 amide bonds. The zero-order chi connectivity index (χ0) is 13.4.